The minimum absolute atomic E-state index is 0.286. The van der Waals surface area contributed by atoms with Crippen LogP contribution in [0.2, 0.25) is 4.44 Å². The van der Waals surface area contributed by atoms with Crippen LogP contribution in [0.25, 0.3) is 0 Å². The first-order chi connectivity index (χ1) is 5.43. The van der Waals surface area contributed by atoms with E-state index < -0.39 is 0 Å². The van der Waals surface area contributed by atoms with Crippen LogP contribution in [-0.4, -0.2) is 31.3 Å². The molecule has 58 valence electrons. The molecule has 0 saturated carbocycles. The molecule has 0 aliphatic heterocycles. The van der Waals surface area contributed by atoms with Gasteiger partial charge in [0, 0.05) is 0 Å². The van der Waals surface area contributed by atoms with Crippen molar-refractivity contribution in [2.45, 2.75) is 24.2 Å². The molecule has 0 amide bonds. The summed E-state index contributed by atoms with van der Waals surface area (Å²) in [6.45, 7) is 2.24. The predicted octanol–water partition coefficient (Wildman–Crippen LogP) is 1.02. The quantitative estimate of drug-likeness (QED) is 0.593. The molecule has 0 atom stereocenters. The van der Waals surface area contributed by atoms with E-state index in [2.05, 4.69) is 23.2 Å². The molecule has 0 unspecified atom stereocenters. The molecule has 1 aromatic rings. The van der Waals surface area contributed by atoms with E-state index in [9.17, 15) is 0 Å². The van der Waals surface area contributed by atoms with Crippen LogP contribution in [0.1, 0.15) is 19.8 Å². The van der Waals surface area contributed by atoms with Gasteiger partial charge >= 0.3 is 77.6 Å². The van der Waals surface area contributed by atoms with Crippen molar-refractivity contribution >= 4 is 24.7 Å². The Morgan fingerprint density at radius 3 is 3.00 bits per heavy atom. The molecule has 0 bridgehead atoms. The van der Waals surface area contributed by atoms with Crippen LogP contribution in [0.3, 0.4) is 0 Å². The summed E-state index contributed by atoms with van der Waals surface area (Å²) in [5.41, 5.74) is 0. The molecular formula is C8H12N2Sn. The van der Waals surface area contributed by atoms with Crippen molar-refractivity contribution in [1.29, 1.82) is 0 Å². The number of hydrogen-bond acceptors (Lipinski definition) is 2. The molecule has 1 aromatic heterocycles. The monoisotopic (exact) mass is 256 g/mol. The van der Waals surface area contributed by atoms with Gasteiger partial charge in [0.15, 0.2) is 0 Å². The van der Waals surface area contributed by atoms with Gasteiger partial charge in [-0.2, -0.15) is 0 Å². The van der Waals surface area contributed by atoms with E-state index in [1.54, 1.807) is 6.20 Å². The second-order valence-electron chi connectivity index (χ2n) is 2.41. The Morgan fingerprint density at radius 2 is 2.36 bits per heavy atom. The van der Waals surface area contributed by atoms with Gasteiger partial charge in [0.1, 0.15) is 0 Å². The van der Waals surface area contributed by atoms with Gasteiger partial charge in [-0.05, 0) is 0 Å². The summed E-state index contributed by atoms with van der Waals surface area (Å²) >= 11 is -0.286. The number of hydrogen-bond donors (Lipinski definition) is 0. The van der Waals surface area contributed by atoms with Crippen molar-refractivity contribution < 1.29 is 0 Å². The van der Waals surface area contributed by atoms with E-state index in [4.69, 9.17) is 0 Å². The third-order valence-electron chi connectivity index (χ3n) is 1.44. The van der Waals surface area contributed by atoms with Crippen LogP contribution in [0, 0.1) is 0 Å². The van der Waals surface area contributed by atoms with Gasteiger partial charge in [-0.15, -0.1) is 0 Å². The third-order valence-corrected chi connectivity index (χ3v) is 5.18. The fourth-order valence-corrected chi connectivity index (χ4v) is 4.12. The molecule has 0 fully saturated rings. The molecule has 0 N–H and O–H groups in total. The molecule has 1 heterocycles. The molecule has 3 heteroatoms. The van der Waals surface area contributed by atoms with Gasteiger partial charge in [-0.1, -0.05) is 0 Å². The minimum atomic E-state index is -0.286. The summed E-state index contributed by atoms with van der Waals surface area (Å²) in [5, 5.41) is 7.61. The average Bonchev–Trinajstić information content (AvgIpc) is 2.07. The topological polar surface area (TPSA) is 25.8 Å². The number of rotatable bonds is 4. The first-order valence-electron chi connectivity index (χ1n) is 3.94. The second-order valence-corrected chi connectivity index (χ2v) is 6.50. The Bertz CT molecular complexity index is 189. The molecule has 2 radical (unpaired) electrons. The summed E-state index contributed by atoms with van der Waals surface area (Å²) < 4.78 is 2.91. The van der Waals surface area contributed by atoms with Crippen molar-refractivity contribution in [2.75, 3.05) is 0 Å². The number of aromatic nitrogens is 2. The van der Waals surface area contributed by atoms with E-state index in [0.717, 1.165) is 0 Å². The van der Waals surface area contributed by atoms with Crippen molar-refractivity contribution in [3.05, 3.63) is 18.5 Å². The second kappa shape index (κ2) is 5.52. The zero-order valence-corrected chi connectivity index (χ0v) is 9.60. The number of unbranched alkanes of at least 4 members (excludes halogenated alkanes) is 1. The molecule has 11 heavy (non-hydrogen) atoms. The molecular weight excluding hydrogens is 243 g/mol. The molecule has 0 aromatic carbocycles. The molecule has 0 spiro atoms. The maximum absolute atomic E-state index is 3.86. The number of nitrogens with zero attached hydrogens (tertiary/aromatic N) is 2. The molecule has 0 aliphatic carbocycles. The van der Waals surface area contributed by atoms with Crippen LogP contribution in [-0.2, 0) is 0 Å². The van der Waals surface area contributed by atoms with Gasteiger partial charge in [-0.25, -0.2) is 0 Å². The van der Waals surface area contributed by atoms with Crippen LogP contribution in [0.5, 0.6) is 0 Å². The summed E-state index contributed by atoms with van der Waals surface area (Å²) in [5.74, 6) is 0. The van der Waals surface area contributed by atoms with Crippen molar-refractivity contribution in [2.24, 2.45) is 0 Å². The fraction of sp³-hybridized carbons (Fsp3) is 0.500. The Hall–Kier alpha value is -0.121. The van der Waals surface area contributed by atoms with E-state index in [-0.39, 0.29) is 21.1 Å². The molecule has 1 rings (SSSR count). The van der Waals surface area contributed by atoms with Crippen LogP contribution in [0.4, 0.5) is 0 Å². The van der Waals surface area contributed by atoms with Crippen molar-refractivity contribution in [3.8, 4) is 0 Å². The molecule has 0 saturated heterocycles. The Labute approximate surface area is 77.6 Å². The van der Waals surface area contributed by atoms with Gasteiger partial charge in [0.05, 0.1) is 0 Å². The average molecular weight is 255 g/mol. The zero-order valence-electron chi connectivity index (χ0n) is 6.75. The first-order valence-corrected chi connectivity index (χ1v) is 7.38. The fourth-order valence-electron chi connectivity index (χ4n) is 0.805. The zero-order chi connectivity index (χ0) is 7.94. The standard InChI is InChI=1S/C4H3N2.C4H9.Sn/c1-2-4-6-5-3-1;1-3-4-2;/h1,3-4H;1,3-4H2,2H3;. The Balaban J connectivity index is 2.28. The summed E-state index contributed by atoms with van der Waals surface area (Å²) in [4.78, 5) is 0. The van der Waals surface area contributed by atoms with Gasteiger partial charge in [-0.3, -0.25) is 0 Å². The van der Waals surface area contributed by atoms with Crippen LogP contribution < -0.4 is 3.58 Å². The van der Waals surface area contributed by atoms with Crippen LogP contribution >= 0.6 is 0 Å². The third kappa shape index (κ3) is 3.70. The SMILES string of the molecule is CCC[CH2][Sn][c]1ccnnc1. The Morgan fingerprint density at radius 1 is 1.45 bits per heavy atom. The van der Waals surface area contributed by atoms with Gasteiger partial charge in [0.25, 0.3) is 0 Å². The first kappa shape index (κ1) is 8.97. The van der Waals surface area contributed by atoms with Gasteiger partial charge < -0.3 is 0 Å². The molecule has 0 aliphatic rings. The summed E-state index contributed by atoms with van der Waals surface area (Å²) in [7, 11) is 0. The summed E-state index contributed by atoms with van der Waals surface area (Å²) in [6, 6.07) is 2.11. The van der Waals surface area contributed by atoms with E-state index in [1.807, 2.05) is 6.20 Å². The van der Waals surface area contributed by atoms with E-state index in [1.165, 1.54) is 20.9 Å². The molecule has 2 nitrogen and oxygen atoms in total. The van der Waals surface area contributed by atoms with E-state index in [0.29, 0.717) is 0 Å². The van der Waals surface area contributed by atoms with Gasteiger partial charge in [0.2, 0.25) is 0 Å². The maximum atomic E-state index is 3.86. The summed E-state index contributed by atoms with van der Waals surface area (Å²) in [6.07, 6.45) is 6.41. The van der Waals surface area contributed by atoms with Crippen molar-refractivity contribution in [1.82, 2.24) is 10.2 Å². The van der Waals surface area contributed by atoms with Crippen molar-refractivity contribution in [3.63, 3.8) is 0 Å². The Kier molecular flexibility index (Phi) is 4.50. The van der Waals surface area contributed by atoms with Crippen LogP contribution in [0.15, 0.2) is 18.5 Å². The normalized spacial score (nSPS) is 9.91. The predicted molar refractivity (Wildman–Crippen MR) is 47.1 cm³/mol. The van der Waals surface area contributed by atoms with E-state index >= 15 is 0 Å².